The van der Waals surface area contributed by atoms with E-state index in [4.69, 9.17) is 4.74 Å². The largest absolute Gasteiger partial charge is 0.487 e. The molecular weight excluding hydrogens is 292 g/mol. The van der Waals surface area contributed by atoms with Gasteiger partial charge in [-0.3, -0.25) is 0 Å². The fourth-order valence-corrected chi connectivity index (χ4v) is 2.09. The lowest BCUT2D eigenvalue weighted by Gasteiger charge is -2.07. The number of hydrogen-bond acceptors (Lipinski definition) is 2. The average Bonchev–Trinajstić information content (AvgIpc) is 2.70. The summed E-state index contributed by atoms with van der Waals surface area (Å²) >= 11 is 3.40. The molecule has 96 valence electrons. The molecule has 4 heteroatoms. The Morgan fingerprint density at radius 3 is 2.50 bits per heavy atom. The molecule has 0 atom stereocenters. The minimum Gasteiger partial charge on any atom is -0.487 e. The first kappa shape index (κ1) is 13.1. The molecule has 0 aliphatic rings. The van der Waals surface area contributed by atoms with Crippen LogP contribution in [0.25, 0.3) is 0 Å². The third-order valence-corrected chi connectivity index (χ3v) is 3.25. The summed E-state index contributed by atoms with van der Waals surface area (Å²) in [4.78, 5) is 4.49. The molecule has 0 fully saturated rings. The van der Waals surface area contributed by atoms with Gasteiger partial charge in [0.05, 0.1) is 5.69 Å². The summed E-state index contributed by atoms with van der Waals surface area (Å²) in [7, 11) is 0. The van der Waals surface area contributed by atoms with Crippen molar-refractivity contribution in [3.05, 3.63) is 46.5 Å². The van der Waals surface area contributed by atoms with E-state index < -0.39 is 0 Å². The Morgan fingerprint density at radius 1 is 1.28 bits per heavy atom. The molecule has 0 amide bonds. The van der Waals surface area contributed by atoms with Gasteiger partial charge in [-0.1, -0.05) is 15.9 Å². The predicted molar refractivity (Wildman–Crippen MR) is 75.8 cm³/mol. The van der Waals surface area contributed by atoms with Gasteiger partial charge in [-0.25, -0.2) is 4.98 Å². The maximum atomic E-state index is 5.70. The minimum absolute atomic E-state index is 0.430. The van der Waals surface area contributed by atoms with E-state index in [0.29, 0.717) is 12.6 Å². The summed E-state index contributed by atoms with van der Waals surface area (Å²) in [6.07, 6.45) is 2.05. The smallest absolute Gasteiger partial charge is 0.132 e. The van der Waals surface area contributed by atoms with Gasteiger partial charge < -0.3 is 9.30 Å². The molecule has 0 bridgehead atoms. The van der Waals surface area contributed by atoms with Crippen LogP contribution in [0, 0.1) is 6.92 Å². The molecule has 0 saturated heterocycles. The molecule has 0 radical (unpaired) electrons. The second-order valence-electron chi connectivity index (χ2n) is 4.52. The highest BCUT2D eigenvalue weighted by Gasteiger charge is 2.07. The fourth-order valence-electron chi connectivity index (χ4n) is 1.83. The van der Waals surface area contributed by atoms with E-state index in [9.17, 15) is 0 Å². The molecule has 0 spiro atoms. The molecule has 1 heterocycles. The number of imidazole rings is 1. The van der Waals surface area contributed by atoms with Crippen LogP contribution >= 0.6 is 15.9 Å². The zero-order valence-corrected chi connectivity index (χ0v) is 12.4. The van der Waals surface area contributed by atoms with Crippen molar-refractivity contribution in [3.63, 3.8) is 0 Å². The first-order valence-electron chi connectivity index (χ1n) is 5.99. The van der Waals surface area contributed by atoms with Gasteiger partial charge in [-0.15, -0.1) is 0 Å². The van der Waals surface area contributed by atoms with Gasteiger partial charge in [0.15, 0.2) is 0 Å². The number of rotatable bonds is 4. The van der Waals surface area contributed by atoms with E-state index in [0.717, 1.165) is 21.7 Å². The molecular formula is C14H17BrN2O. The Balaban J connectivity index is 2.02. The summed E-state index contributed by atoms with van der Waals surface area (Å²) in [6.45, 7) is 6.81. The van der Waals surface area contributed by atoms with Gasteiger partial charge in [-0.05, 0) is 45.0 Å². The maximum absolute atomic E-state index is 5.70. The normalized spacial score (nSPS) is 10.9. The highest BCUT2D eigenvalue weighted by atomic mass is 79.9. The van der Waals surface area contributed by atoms with Gasteiger partial charge in [-0.2, -0.15) is 0 Å². The van der Waals surface area contributed by atoms with Crippen LogP contribution < -0.4 is 4.74 Å². The quantitative estimate of drug-likeness (QED) is 0.849. The standard InChI is InChI=1S/C14H17BrN2O/c1-10(2)17-8-13(16-11(17)3)9-18-14-6-4-12(15)5-7-14/h4-8,10H,9H2,1-3H3. The van der Waals surface area contributed by atoms with Crippen LogP contribution in [0.5, 0.6) is 5.75 Å². The van der Waals surface area contributed by atoms with Crippen molar-refractivity contribution in [2.75, 3.05) is 0 Å². The predicted octanol–water partition coefficient (Wildman–Crippen LogP) is 4.11. The number of benzene rings is 1. The molecule has 2 aromatic rings. The van der Waals surface area contributed by atoms with E-state index in [1.54, 1.807) is 0 Å². The summed E-state index contributed by atoms with van der Waals surface area (Å²) in [6, 6.07) is 8.24. The fraction of sp³-hybridized carbons (Fsp3) is 0.357. The minimum atomic E-state index is 0.430. The lowest BCUT2D eigenvalue weighted by atomic mass is 10.3. The van der Waals surface area contributed by atoms with E-state index in [2.05, 4.69) is 45.5 Å². The van der Waals surface area contributed by atoms with E-state index in [1.807, 2.05) is 31.2 Å². The first-order chi connectivity index (χ1) is 8.56. The summed E-state index contributed by atoms with van der Waals surface area (Å²) in [5.74, 6) is 1.88. The van der Waals surface area contributed by atoms with E-state index in [1.165, 1.54) is 0 Å². The molecule has 1 aromatic carbocycles. The third kappa shape index (κ3) is 3.13. The number of nitrogens with zero attached hydrogens (tertiary/aromatic N) is 2. The second kappa shape index (κ2) is 5.57. The van der Waals surface area contributed by atoms with Crippen molar-refractivity contribution in [3.8, 4) is 5.75 Å². The summed E-state index contributed by atoms with van der Waals surface area (Å²) in [5, 5.41) is 0. The average molecular weight is 309 g/mol. The second-order valence-corrected chi connectivity index (χ2v) is 5.44. The van der Waals surface area contributed by atoms with Gasteiger partial charge in [0.25, 0.3) is 0 Å². The van der Waals surface area contributed by atoms with Gasteiger partial charge >= 0.3 is 0 Å². The Labute approximate surface area is 116 Å². The number of aryl methyl sites for hydroxylation is 1. The van der Waals surface area contributed by atoms with Crippen molar-refractivity contribution in [1.82, 2.24) is 9.55 Å². The molecule has 18 heavy (non-hydrogen) atoms. The van der Waals surface area contributed by atoms with Gasteiger partial charge in [0.1, 0.15) is 18.2 Å². The van der Waals surface area contributed by atoms with Crippen LogP contribution in [0.3, 0.4) is 0 Å². The number of hydrogen-bond donors (Lipinski definition) is 0. The third-order valence-electron chi connectivity index (χ3n) is 2.72. The Bertz CT molecular complexity index is 517. The molecule has 2 rings (SSSR count). The van der Waals surface area contributed by atoms with Crippen LogP contribution in [-0.4, -0.2) is 9.55 Å². The van der Waals surface area contributed by atoms with Gasteiger partial charge in [0.2, 0.25) is 0 Å². The van der Waals surface area contributed by atoms with Crippen LogP contribution in [0.2, 0.25) is 0 Å². The Hall–Kier alpha value is -1.29. The monoisotopic (exact) mass is 308 g/mol. The number of aromatic nitrogens is 2. The molecule has 0 unspecified atom stereocenters. The van der Waals surface area contributed by atoms with Crippen LogP contribution in [0.4, 0.5) is 0 Å². The lowest BCUT2D eigenvalue weighted by molar-refractivity contribution is 0.301. The van der Waals surface area contributed by atoms with Crippen molar-refractivity contribution in [1.29, 1.82) is 0 Å². The first-order valence-corrected chi connectivity index (χ1v) is 6.78. The summed E-state index contributed by atoms with van der Waals surface area (Å²) in [5.41, 5.74) is 0.962. The summed E-state index contributed by atoms with van der Waals surface area (Å²) < 4.78 is 8.90. The Morgan fingerprint density at radius 2 is 1.94 bits per heavy atom. The van der Waals surface area contributed by atoms with Crippen molar-refractivity contribution in [2.45, 2.75) is 33.4 Å². The van der Waals surface area contributed by atoms with Crippen LogP contribution in [0.15, 0.2) is 34.9 Å². The molecule has 3 nitrogen and oxygen atoms in total. The lowest BCUT2D eigenvalue weighted by Crippen LogP contribution is -2.00. The zero-order valence-electron chi connectivity index (χ0n) is 10.9. The number of halogens is 1. The highest BCUT2D eigenvalue weighted by molar-refractivity contribution is 9.10. The molecule has 1 aromatic heterocycles. The number of ether oxygens (including phenoxy) is 1. The topological polar surface area (TPSA) is 27.1 Å². The molecule has 0 N–H and O–H groups in total. The zero-order chi connectivity index (χ0) is 13.1. The molecule has 0 aliphatic carbocycles. The van der Waals surface area contributed by atoms with Crippen molar-refractivity contribution < 1.29 is 4.74 Å². The SMILES string of the molecule is Cc1nc(COc2ccc(Br)cc2)cn1C(C)C. The van der Waals surface area contributed by atoms with E-state index in [-0.39, 0.29) is 0 Å². The van der Waals surface area contributed by atoms with Crippen molar-refractivity contribution >= 4 is 15.9 Å². The van der Waals surface area contributed by atoms with Gasteiger partial charge in [0, 0.05) is 16.7 Å². The maximum Gasteiger partial charge on any atom is 0.132 e. The molecule has 0 saturated carbocycles. The Kier molecular flexibility index (Phi) is 4.07. The van der Waals surface area contributed by atoms with Crippen molar-refractivity contribution in [2.24, 2.45) is 0 Å². The highest BCUT2D eigenvalue weighted by Crippen LogP contribution is 2.18. The van der Waals surface area contributed by atoms with Crippen LogP contribution in [0.1, 0.15) is 31.4 Å². The molecule has 0 aliphatic heterocycles. The van der Waals surface area contributed by atoms with E-state index >= 15 is 0 Å². The van der Waals surface area contributed by atoms with Crippen LogP contribution in [-0.2, 0) is 6.61 Å².